The van der Waals surface area contributed by atoms with Crippen molar-refractivity contribution >= 4 is 24.8 Å². The predicted molar refractivity (Wildman–Crippen MR) is 72.4 cm³/mol. The van der Waals surface area contributed by atoms with Crippen molar-refractivity contribution in [2.45, 2.75) is 38.1 Å². The minimum atomic E-state index is 0. The Morgan fingerprint density at radius 1 is 1.06 bits per heavy atom. The number of nitrogens with two attached hydrogens (primary N) is 1. The summed E-state index contributed by atoms with van der Waals surface area (Å²) < 4.78 is 0. The number of pyridine rings is 1. The highest BCUT2D eigenvalue weighted by molar-refractivity contribution is 5.85. The van der Waals surface area contributed by atoms with Crippen LogP contribution in [0.4, 0.5) is 0 Å². The molecule has 92 valence electrons. The summed E-state index contributed by atoms with van der Waals surface area (Å²) in [5, 5.41) is 0. The molecule has 2 nitrogen and oxygen atoms in total. The Morgan fingerprint density at radius 2 is 1.62 bits per heavy atom. The van der Waals surface area contributed by atoms with Gasteiger partial charge >= 0.3 is 0 Å². The number of halogens is 2. The van der Waals surface area contributed by atoms with E-state index in [9.17, 15) is 0 Å². The second-order valence-electron chi connectivity index (χ2n) is 4.34. The SMILES string of the molecule is Cl.Cl.NC1CCC(Cc2ccncc2)CC1. The maximum absolute atomic E-state index is 5.88. The normalized spacial score (nSPS) is 24.1. The first-order chi connectivity index (χ1) is 6.84. The lowest BCUT2D eigenvalue weighted by molar-refractivity contribution is 0.325. The molecule has 1 fully saturated rings. The zero-order valence-electron chi connectivity index (χ0n) is 9.34. The summed E-state index contributed by atoms with van der Waals surface area (Å²) >= 11 is 0. The third-order valence-corrected chi connectivity index (χ3v) is 3.17. The van der Waals surface area contributed by atoms with Crippen LogP contribution in [0.2, 0.25) is 0 Å². The molecule has 1 aliphatic rings. The van der Waals surface area contributed by atoms with Crippen molar-refractivity contribution < 1.29 is 0 Å². The Hall–Kier alpha value is -0.310. The first-order valence-electron chi connectivity index (χ1n) is 5.49. The van der Waals surface area contributed by atoms with Crippen LogP contribution in [0.3, 0.4) is 0 Å². The molecule has 1 aromatic rings. The number of hydrogen-bond donors (Lipinski definition) is 1. The maximum atomic E-state index is 5.88. The summed E-state index contributed by atoms with van der Waals surface area (Å²) in [7, 11) is 0. The molecule has 0 radical (unpaired) electrons. The standard InChI is InChI=1S/C12H18N2.2ClH/c13-12-3-1-10(2-4-12)9-11-5-7-14-8-6-11;;/h5-8,10,12H,1-4,9,13H2;2*1H. The van der Waals surface area contributed by atoms with Crippen molar-refractivity contribution in [3.8, 4) is 0 Å². The number of hydrogen-bond acceptors (Lipinski definition) is 2. The van der Waals surface area contributed by atoms with Gasteiger partial charge in [0.2, 0.25) is 0 Å². The van der Waals surface area contributed by atoms with Crippen molar-refractivity contribution in [3.63, 3.8) is 0 Å². The van der Waals surface area contributed by atoms with Crippen LogP contribution in [0.25, 0.3) is 0 Å². The number of aromatic nitrogens is 1. The fourth-order valence-corrected chi connectivity index (χ4v) is 2.24. The highest BCUT2D eigenvalue weighted by atomic mass is 35.5. The molecular weight excluding hydrogens is 243 g/mol. The van der Waals surface area contributed by atoms with E-state index in [4.69, 9.17) is 5.73 Å². The van der Waals surface area contributed by atoms with Gasteiger partial charge in [0.15, 0.2) is 0 Å². The van der Waals surface area contributed by atoms with Crippen LogP contribution >= 0.6 is 24.8 Å². The Bertz CT molecular complexity index is 272. The molecule has 0 unspecified atom stereocenters. The van der Waals surface area contributed by atoms with Gasteiger partial charge in [-0.15, -0.1) is 24.8 Å². The fraction of sp³-hybridized carbons (Fsp3) is 0.583. The molecular formula is C12H20Cl2N2. The predicted octanol–water partition coefficient (Wildman–Crippen LogP) is 2.99. The monoisotopic (exact) mass is 262 g/mol. The molecule has 2 N–H and O–H groups in total. The molecule has 0 aliphatic heterocycles. The lowest BCUT2D eigenvalue weighted by atomic mass is 9.83. The molecule has 4 heteroatoms. The van der Waals surface area contributed by atoms with Gasteiger partial charge in [-0.25, -0.2) is 0 Å². The second kappa shape index (κ2) is 7.88. The van der Waals surface area contributed by atoms with Crippen LogP contribution < -0.4 is 5.73 Å². The lowest BCUT2D eigenvalue weighted by Gasteiger charge is -2.25. The number of rotatable bonds is 2. The molecule has 0 spiro atoms. The van der Waals surface area contributed by atoms with Crippen molar-refractivity contribution in [2.24, 2.45) is 11.7 Å². The fourth-order valence-electron chi connectivity index (χ4n) is 2.24. The summed E-state index contributed by atoms with van der Waals surface area (Å²) in [4.78, 5) is 4.03. The van der Waals surface area contributed by atoms with Gasteiger partial charge in [-0.05, 0) is 55.7 Å². The van der Waals surface area contributed by atoms with Crippen LogP contribution in [0.1, 0.15) is 31.2 Å². The Balaban J connectivity index is 0.00000112. The molecule has 0 aromatic carbocycles. The molecule has 2 rings (SSSR count). The molecule has 0 bridgehead atoms. The van der Waals surface area contributed by atoms with Gasteiger partial charge in [-0.1, -0.05) is 0 Å². The third-order valence-electron chi connectivity index (χ3n) is 3.17. The number of nitrogens with zero attached hydrogens (tertiary/aromatic N) is 1. The average Bonchev–Trinajstić information content (AvgIpc) is 2.23. The van der Waals surface area contributed by atoms with Gasteiger partial charge in [-0.3, -0.25) is 4.98 Å². The van der Waals surface area contributed by atoms with Crippen molar-refractivity contribution in [1.82, 2.24) is 4.98 Å². The second-order valence-corrected chi connectivity index (χ2v) is 4.34. The lowest BCUT2D eigenvalue weighted by Crippen LogP contribution is -2.27. The van der Waals surface area contributed by atoms with Gasteiger partial charge in [0.25, 0.3) is 0 Å². The molecule has 1 aromatic heterocycles. The summed E-state index contributed by atoms with van der Waals surface area (Å²) in [5.74, 6) is 0.845. The van der Waals surface area contributed by atoms with Crippen LogP contribution in [0.5, 0.6) is 0 Å². The minimum absolute atomic E-state index is 0. The minimum Gasteiger partial charge on any atom is -0.328 e. The van der Waals surface area contributed by atoms with Gasteiger partial charge in [-0.2, -0.15) is 0 Å². The molecule has 16 heavy (non-hydrogen) atoms. The van der Waals surface area contributed by atoms with Gasteiger partial charge in [0, 0.05) is 18.4 Å². The van der Waals surface area contributed by atoms with E-state index >= 15 is 0 Å². The summed E-state index contributed by atoms with van der Waals surface area (Å²) in [6.07, 6.45) is 9.96. The Morgan fingerprint density at radius 3 is 2.19 bits per heavy atom. The summed E-state index contributed by atoms with van der Waals surface area (Å²) in [6, 6.07) is 4.70. The van der Waals surface area contributed by atoms with Crippen molar-refractivity contribution in [1.29, 1.82) is 0 Å². The van der Waals surface area contributed by atoms with Crippen LogP contribution in [-0.4, -0.2) is 11.0 Å². The first-order valence-corrected chi connectivity index (χ1v) is 5.49. The van der Waals surface area contributed by atoms with E-state index in [1.807, 2.05) is 12.4 Å². The Kier molecular flexibility index (Phi) is 7.73. The highest BCUT2D eigenvalue weighted by Gasteiger charge is 2.18. The van der Waals surface area contributed by atoms with Crippen LogP contribution in [-0.2, 0) is 6.42 Å². The van der Waals surface area contributed by atoms with Gasteiger partial charge in [0.05, 0.1) is 0 Å². The van der Waals surface area contributed by atoms with E-state index in [1.165, 1.54) is 37.7 Å². The molecule has 0 saturated heterocycles. The molecule has 0 atom stereocenters. The van der Waals surface area contributed by atoms with E-state index in [2.05, 4.69) is 17.1 Å². The van der Waals surface area contributed by atoms with E-state index < -0.39 is 0 Å². The Labute approximate surface area is 110 Å². The zero-order chi connectivity index (χ0) is 9.80. The van der Waals surface area contributed by atoms with Crippen LogP contribution in [0, 0.1) is 5.92 Å². The maximum Gasteiger partial charge on any atom is 0.0270 e. The van der Waals surface area contributed by atoms with Gasteiger partial charge in [0.1, 0.15) is 0 Å². The van der Waals surface area contributed by atoms with E-state index in [1.54, 1.807) is 0 Å². The summed E-state index contributed by atoms with van der Waals surface area (Å²) in [6.45, 7) is 0. The molecule has 0 amide bonds. The molecule has 1 saturated carbocycles. The van der Waals surface area contributed by atoms with E-state index in [0.29, 0.717) is 6.04 Å². The largest absolute Gasteiger partial charge is 0.328 e. The average molecular weight is 263 g/mol. The smallest absolute Gasteiger partial charge is 0.0270 e. The van der Waals surface area contributed by atoms with Gasteiger partial charge < -0.3 is 5.73 Å². The highest BCUT2D eigenvalue weighted by Crippen LogP contribution is 2.26. The van der Waals surface area contributed by atoms with Crippen LogP contribution in [0.15, 0.2) is 24.5 Å². The molecule has 1 heterocycles. The third kappa shape index (κ3) is 4.69. The first kappa shape index (κ1) is 15.7. The van der Waals surface area contributed by atoms with E-state index in [-0.39, 0.29) is 24.8 Å². The zero-order valence-corrected chi connectivity index (χ0v) is 11.0. The molecule has 1 aliphatic carbocycles. The van der Waals surface area contributed by atoms with Crippen molar-refractivity contribution in [3.05, 3.63) is 30.1 Å². The quantitative estimate of drug-likeness (QED) is 0.890. The van der Waals surface area contributed by atoms with E-state index in [0.717, 1.165) is 5.92 Å². The van der Waals surface area contributed by atoms with Crippen molar-refractivity contribution in [2.75, 3.05) is 0 Å². The summed E-state index contributed by atoms with van der Waals surface area (Å²) in [5.41, 5.74) is 7.30. The topological polar surface area (TPSA) is 38.9 Å².